The van der Waals surface area contributed by atoms with Crippen molar-refractivity contribution >= 4 is 11.6 Å². The summed E-state index contributed by atoms with van der Waals surface area (Å²) in [5, 5.41) is 7.78. The van der Waals surface area contributed by atoms with Crippen LogP contribution in [0.3, 0.4) is 0 Å². The number of fused-ring (bicyclic) bond motifs is 1. The number of aromatic nitrogens is 4. The minimum atomic E-state index is 0.441. The molecule has 2 aromatic heterocycles. The van der Waals surface area contributed by atoms with Crippen LogP contribution in [0, 0.1) is 13.8 Å². The van der Waals surface area contributed by atoms with Gasteiger partial charge in [0, 0.05) is 19.2 Å². The second-order valence-electron chi connectivity index (χ2n) is 5.87. The van der Waals surface area contributed by atoms with Gasteiger partial charge in [-0.2, -0.15) is 4.52 Å². The number of anilines is 1. The van der Waals surface area contributed by atoms with Gasteiger partial charge in [-0.3, -0.25) is 0 Å². The summed E-state index contributed by atoms with van der Waals surface area (Å²) in [6.45, 7) is 4.80. The van der Waals surface area contributed by atoms with Crippen molar-refractivity contribution in [2.75, 3.05) is 26.6 Å². The van der Waals surface area contributed by atoms with Gasteiger partial charge in [0.15, 0.2) is 17.1 Å². The van der Waals surface area contributed by atoms with Crippen LogP contribution in [0.5, 0.6) is 11.5 Å². The molecule has 3 rings (SSSR count). The van der Waals surface area contributed by atoms with Crippen molar-refractivity contribution in [3.05, 3.63) is 40.8 Å². The van der Waals surface area contributed by atoms with Crippen LogP contribution in [-0.2, 0) is 17.9 Å². The van der Waals surface area contributed by atoms with Gasteiger partial charge in [-0.25, -0.2) is 9.97 Å². The van der Waals surface area contributed by atoms with E-state index < -0.39 is 0 Å². The Kier molecular flexibility index (Phi) is 5.22. The molecule has 0 radical (unpaired) electrons. The molecule has 0 fully saturated rings. The molecule has 0 atom stereocenters. The zero-order chi connectivity index (χ0) is 18.7. The quantitative estimate of drug-likeness (QED) is 0.695. The third-order valence-corrected chi connectivity index (χ3v) is 4.08. The molecule has 138 valence electrons. The summed E-state index contributed by atoms with van der Waals surface area (Å²) in [6, 6.07) is 5.79. The second-order valence-corrected chi connectivity index (χ2v) is 5.87. The molecular weight excluding hydrogens is 334 g/mol. The first-order valence-corrected chi connectivity index (χ1v) is 8.24. The van der Waals surface area contributed by atoms with Gasteiger partial charge in [-0.1, -0.05) is 6.07 Å². The third-order valence-electron chi connectivity index (χ3n) is 4.08. The van der Waals surface area contributed by atoms with Gasteiger partial charge in [0.25, 0.3) is 0 Å². The Labute approximate surface area is 152 Å². The summed E-state index contributed by atoms with van der Waals surface area (Å²) in [7, 11) is 4.90. The maximum absolute atomic E-state index is 5.35. The van der Waals surface area contributed by atoms with Crippen LogP contribution in [-0.4, -0.2) is 40.9 Å². The maximum atomic E-state index is 5.35. The van der Waals surface area contributed by atoms with E-state index in [9.17, 15) is 0 Å². The number of nitrogens with zero attached hydrogens (tertiary/aromatic N) is 4. The number of ether oxygens (including phenoxy) is 3. The van der Waals surface area contributed by atoms with E-state index in [2.05, 4.69) is 20.4 Å². The predicted molar refractivity (Wildman–Crippen MR) is 97.8 cm³/mol. The molecule has 3 aromatic rings. The lowest BCUT2D eigenvalue weighted by Gasteiger charge is -2.13. The van der Waals surface area contributed by atoms with Gasteiger partial charge in [-0.15, -0.1) is 5.10 Å². The molecule has 0 amide bonds. The minimum Gasteiger partial charge on any atom is -0.493 e. The highest BCUT2D eigenvalue weighted by Crippen LogP contribution is 2.28. The van der Waals surface area contributed by atoms with E-state index in [-0.39, 0.29) is 0 Å². The van der Waals surface area contributed by atoms with Crippen molar-refractivity contribution in [2.45, 2.75) is 27.0 Å². The van der Waals surface area contributed by atoms with Crippen molar-refractivity contribution in [1.82, 2.24) is 19.6 Å². The Morgan fingerprint density at radius 1 is 1.04 bits per heavy atom. The van der Waals surface area contributed by atoms with Crippen LogP contribution in [0.15, 0.2) is 18.2 Å². The predicted octanol–water partition coefficient (Wildman–Crippen LogP) is 2.52. The zero-order valence-electron chi connectivity index (χ0n) is 15.7. The molecule has 26 heavy (non-hydrogen) atoms. The standard InChI is InChI=1S/C18H23N5O3/c1-11-14(10-24-3)17-21-12(2)22-23(17)18(20-11)19-9-13-6-7-15(25-4)16(8-13)26-5/h6-8H,9-10H2,1-5H3,(H,19,20). The van der Waals surface area contributed by atoms with E-state index in [1.165, 1.54) is 0 Å². The Hall–Kier alpha value is -2.87. The number of hydrogen-bond acceptors (Lipinski definition) is 7. The molecule has 1 aromatic carbocycles. The largest absolute Gasteiger partial charge is 0.493 e. The van der Waals surface area contributed by atoms with Gasteiger partial charge in [0.1, 0.15) is 5.82 Å². The zero-order valence-corrected chi connectivity index (χ0v) is 15.7. The highest BCUT2D eigenvalue weighted by atomic mass is 16.5. The van der Waals surface area contributed by atoms with Crippen LogP contribution < -0.4 is 14.8 Å². The molecular formula is C18H23N5O3. The lowest BCUT2D eigenvalue weighted by Crippen LogP contribution is -2.11. The van der Waals surface area contributed by atoms with Crippen LogP contribution in [0.1, 0.15) is 22.6 Å². The summed E-state index contributed by atoms with van der Waals surface area (Å²) in [5.74, 6) is 2.70. The van der Waals surface area contributed by atoms with Gasteiger partial charge < -0.3 is 19.5 Å². The normalized spacial score (nSPS) is 11.0. The van der Waals surface area contributed by atoms with Crippen molar-refractivity contribution in [3.63, 3.8) is 0 Å². The van der Waals surface area contributed by atoms with Crippen LogP contribution in [0.4, 0.5) is 5.95 Å². The Morgan fingerprint density at radius 2 is 1.81 bits per heavy atom. The van der Waals surface area contributed by atoms with Crippen LogP contribution in [0.25, 0.3) is 5.65 Å². The molecule has 8 nitrogen and oxygen atoms in total. The van der Waals surface area contributed by atoms with Gasteiger partial charge in [-0.05, 0) is 31.5 Å². The number of hydrogen-bond donors (Lipinski definition) is 1. The summed E-state index contributed by atoms with van der Waals surface area (Å²) >= 11 is 0. The smallest absolute Gasteiger partial charge is 0.226 e. The van der Waals surface area contributed by atoms with Crippen LogP contribution >= 0.6 is 0 Å². The van der Waals surface area contributed by atoms with Crippen molar-refractivity contribution < 1.29 is 14.2 Å². The SMILES string of the molecule is COCc1c(C)nc(NCc2ccc(OC)c(OC)c2)n2nc(C)nc12. The van der Waals surface area contributed by atoms with E-state index in [1.807, 2.05) is 32.0 Å². The average Bonchev–Trinajstić information content (AvgIpc) is 3.03. The highest BCUT2D eigenvalue weighted by Gasteiger charge is 2.15. The summed E-state index contributed by atoms with van der Waals surface area (Å²) < 4.78 is 17.6. The molecule has 0 aliphatic rings. The van der Waals surface area contributed by atoms with E-state index in [1.54, 1.807) is 25.8 Å². The second kappa shape index (κ2) is 7.57. The highest BCUT2D eigenvalue weighted by molar-refractivity contribution is 5.54. The van der Waals surface area contributed by atoms with E-state index in [4.69, 9.17) is 14.2 Å². The van der Waals surface area contributed by atoms with E-state index >= 15 is 0 Å². The fraction of sp³-hybridized carbons (Fsp3) is 0.389. The van der Waals surface area contributed by atoms with Crippen LogP contribution in [0.2, 0.25) is 0 Å². The third kappa shape index (κ3) is 3.41. The summed E-state index contributed by atoms with van der Waals surface area (Å²) in [5.41, 5.74) is 3.59. The fourth-order valence-electron chi connectivity index (χ4n) is 2.79. The lowest BCUT2D eigenvalue weighted by molar-refractivity contribution is 0.184. The molecule has 0 aliphatic carbocycles. The number of nitrogens with one attached hydrogen (secondary N) is 1. The summed E-state index contributed by atoms with van der Waals surface area (Å²) in [6.07, 6.45) is 0. The summed E-state index contributed by atoms with van der Waals surface area (Å²) in [4.78, 5) is 9.15. The first-order valence-electron chi connectivity index (χ1n) is 8.24. The van der Waals surface area contributed by atoms with E-state index in [0.717, 1.165) is 22.5 Å². The van der Waals surface area contributed by atoms with Gasteiger partial charge in [0.2, 0.25) is 5.95 Å². The monoisotopic (exact) mass is 357 g/mol. The number of benzene rings is 1. The average molecular weight is 357 g/mol. The number of methoxy groups -OCH3 is 3. The first kappa shape index (κ1) is 17.9. The van der Waals surface area contributed by atoms with E-state index in [0.29, 0.717) is 36.4 Å². The van der Waals surface area contributed by atoms with Crippen molar-refractivity contribution in [1.29, 1.82) is 0 Å². The molecule has 0 spiro atoms. The maximum Gasteiger partial charge on any atom is 0.226 e. The molecule has 0 saturated heterocycles. The number of aryl methyl sites for hydroxylation is 2. The molecule has 2 heterocycles. The Balaban J connectivity index is 1.91. The Bertz CT molecular complexity index is 923. The molecule has 0 unspecified atom stereocenters. The minimum absolute atomic E-state index is 0.441. The molecule has 0 saturated carbocycles. The fourth-order valence-corrected chi connectivity index (χ4v) is 2.79. The Morgan fingerprint density at radius 3 is 2.50 bits per heavy atom. The van der Waals surface area contributed by atoms with Crippen molar-refractivity contribution in [2.24, 2.45) is 0 Å². The molecule has 1 N–H and O–H groups in total. The van der Waals surface area contributed by atoms with Gasteiger partial charge >= 0.3 is 0 Å². The first-order chi connectivity index (χ1) is 12.6. The van der Waals surface area contributed by atoms with Gasteiger partial charge in [0.05, 0.1) is 26.5 Å². The van der Waals surface area contributed by atoms with Crippen molar-refractivity contribution in [3.8, 4) is 11.5 Å². The number of rotatable bonds is 7. The molecule has 8 heteroatoms. The molecule has 0 aliphatic heterocycles. The molecule has 0 bridgehead atoms. The lowest BCUT2D eigenvalue weighted by atomic mass is 10.2. The topological polar surface area (TPSA) is 82.8 Å².